The molecule has 0 aromatic rings. The quantitative estimate of drug-likeness (QED) is 0.274. The van der Waals surface area contributed by atoms with E-state index in [0.717, 1.165) is 12.8 Å². The minimum atomic E-state index is -0.205. The first-order valence-electron chi connectivity index (χ1n) is 4.37. The number of hydrogen-bond donors (Lipinski definition) is 0. The topological polar surface area (TPSA) is 18.5 Å². The molecule has 0 aliphatic heterocycles. The molecule has 0 amide bonds. The Bertz CT molecular complexity index is 133. The molecule has 2 heteroatoms. The average Bonchev–Trinajstić information content (AvgIpc) is 1.83. The monoisotopic (exact) mass is 172 g/mol. The summed E-state index contributed by atoms with van der Waals surface area (Å²) in [6, 6.07) is 0. The second-order valence-electron chi connectivity index (χ2n) is 4.08. The van der Waals surface area contributed by atoms with Gasteiger partial charge in [-0.2, -0.15) is 0 Å². The molecule has 0 unspecified atom stereocenters. The average molecular weight is 172 g/mol. The molecule has 0 aromatic heterocycles. The van der Waals surface area contributed by atoms with Crippen LogP contribution in [0.3, 0.4) is 0 Å². The van der Waals surface area contributed by atoms with Crippen molar-refractivity contribution in [3.05, 3.63) is 12.2 Å². The van der Waals surface area contributed by atoms with E-state index in [1.165, 1.54) is 5.57 Å². The van der Waals surface area contributed by atoms with E-state index in [-0.39, 0.29) is 5.60 Å². The highest BCUT2D eigenvalue weighted by atomic mass is 17.2. The Hall–Kier alpha value is -0.340. The van der Waals surface area contributed by atoms with Crippen LogP contribution in [-0.4, -0.2) is 12.2 Å². The minimum Gasteiger partial charge on any atom is -0.236 e. The minimum absolute atomic E-state index is 0.205. The zero-order valence-corrected chi connectivity index (χ0v) is 8.64. The predicted molar refractivity (Wildman–Crippen MR) is 50.8 cm³/mol. The highest BCUT2D eigenvalue weighted by Crippen LogP contribution is 2.08. The molecule has 12 heavy (non-hydrogen) atoms. The summed E-state index contributed by atoms with van der Waals surface area (Å²) in [6.07, 6.45) is 1.99. The van der Waals surface area contributed by atoms with Crippen molar-refractivity contribution < 1.29 is 9.78 Å². The van der Waals surface area contributed by atoms with Gasteiger partial charge in [-0.3, -0.25) is 0 Å². The van der Waals surface area contributed by atoms with Crippen LogP contribution >= 0.6 is 0 Å². The lowest BCUT2D eigenvalue weighted by atomic mass is 10.2. The molecule has 0 rings (SSSR count). The van der Waals surface area contributed by atoms with Gasteiger partial charge in [0.2, 0.25) is 0 Å². The van der Waals surface area contributed by atoms with Crippen LogP contribution in [0.5, 0.6) is 0 Å². The standard InChI is InChI=1S/C10H20O2/c1-9(2)7-6-8-11-12-10(3,4)5/h1,6-8H2,2-5H3. The van der Waals surface area contributed by atoms with Crippen LogP contribution in [0, 0.1) is 0 Å². The summed E-state index contributed by atoms with van der Waals surface area (Å²) in [5.74, 6) is 0. The molecule has 0 bridgehead atoms. The molecule has 72 valence electrons. The van der Waals surface area contributed by atoms with Crippen molar-refractivity contribution in [1.82, 2.24) is 0 Å². The van der Waals surface area contributed by atoms with Crippen LogP contribution in [0.2, 0.25) is 0 Å². The molecule has 0 radical (unpaired) electrons. The van der Waals surface area contributed by atoms with Crippen molar-refractivity contribution in [2.24, 2.45) is 0 Å². The maximum atomic E-state index is 5.08. The molecule has 0 aliphatic rings. The smallest absolute Gasteiger partial charge is 0.0952 e. The van der Waals surface area contributed by atoms with Crippen molar-refractivity contribution >= 4 is 0 Å². The number of rotatable bonds is 5. The zero-order valence-electron chi connectivity index (χ0n) is 8.64. The predicted octanol–water partition coefficient (Wildman–Crippen LogP) is 3.09. The Balaban J connectivity index is 3.17. The van der Waals surface area contributed by atoms with Crippen LogP contribution in [0.15, 0.2) is 12.2 Å². The summed E-state index contributed by atoms with van der Waals surface area (Å²) >= 11 is 0. The molecule has 0 atom stereocenters. The lowest BCUT2D eigenvalue weighted by Crippen LogP contribution is -2.19. The molecule has 0 fully saturated rings. The third kappa shape index (κ3) is 9.66. The van der Waals surface area contributed by atoms with Crippen LogP contribution in [0.25, 0.3) is 0 Å². The second kappa shape index (κ2) is 5.33. The Morgan fingerprint density at radius 2 is 1.92 bits per heavy atom. The van der Waals surface area contributed by atoms with Crippen molar-refractivity contribution in [1.29, 1.82) is 0 Å². The first-order chi connectivity index (χ1) is 5.42. The first-order valence-corrected chi connectivity index (χ1v) is 4.37. The van der Waals surface area contributed by atoms with Gasteiger partial charge in [0.05, 0.1) is 12.2 Å². The van der Waals surface area contributed by atoms with Gasteiger partial charge in [0.25, 0.3) is 0 Å². The summed E-state index contributed by atoms with van der Waals surface area (Å²) < 4.78 is 0. The Morgan fingerprint density at radius 1 is 1.33 bits per heavy atom. The van der Waals surface area contributed by atoms with Crippen LogP contribution in [0.1, 0.15) is 40.5 Å². The van der Waals surface area contributed by atoms with Gasteiger partial charge in [0.15, 0.2) is 0 Å². The fourth-order valence-corrected chi connectivity index (χ4v) is 0.651. The van der Waals surface area contributed by atoms with Crippen molar-refractivity contribution in [3.8, 4) is 0 Å². The molecule has 0 heterocycles. The lowest BCUT2D eigenvalue weighted by molar-refractivity contribution is -0.348. The SMILES string of the molecule is C=C(C)CCCOOC(C)(C)C. The Kier molecular flexibility index (Phi) is 5.18. The Labute approximate surface area is 75.5 Å². The van der Waals surface area contributed by atoms with E-state index in [1.54, 1.807) is 0 Å². The molecule has 0 saturated heterocycles. The molecule has 0 saturated carbocycles. The summed E-state index contributed by atoms with van der Waals surface area (Å²) in [5, 5.41) is 0. The fourth-order valence-electron chi connectivity index (χ4n) is 0.651. The van der Waals surface area contributed by atoms with Crippen LogP contribution in [0.4, 0.5) is 0 Å². The molecular formula is C10H20O2. The molecule has 2 nitrogen and oxygen atoms in total. The molecule has 0 N–H and O–H groups in total. The van der Waals surface area contributed by atoms with Gasteiger partial charge in [-0.1, -0.05) is 5.57 Å². The zero-order chi connectivity index (χ0) is 9.61. The molecule has 0 spiro atoms. The van der Waals surface area contributed by atoms with E-state index in [2.05, 4.69) is 6.58 Å². The second-order valence-corrected chi connectivity index (χ2v) is 4.08. The van der Waals surface area contributed by atoms with Crippen molar-refractivity contribution in [3.63, 3.8) is 0 Å². The number of hydrogen-bond acceptors (Lipinski definition) is 2. The van der Waals surface area contributed by atoms with E-state index < -0.39 is 0 Å². The third-order valence-electron chi connectivity index (χ3n) is 1.14. The van der Waals surface area contributed by atoms with Crippen LogP contribution < -0.4 is 0 Å². The summed E-state index contributed by atoms with van der Waals surface area (Å²) in [7, 11) is 0. The molecular weight excluding hydrogens is 152 g/mol. The fraction of sp³-hybridized carbons (Fsp3) is 0.800. The van der Waals surface area contributed by atoms with E-state index in [1.807, 2.05) is 27.7 Å². The van der Waals surface area contributed by atoms with Gasteiger partial charge in [-0.05, 0) is 40.5 Å². The van der Waals surface area contributed by atoms with E-state index in [4.69, 9.17) is 9.78 Å². The highest BCUT2D eigenvalue weighted by Gasteiger charge is 2.10. The normalized spacial score (nSPS) is 11.7. The van der Waals surface area contributed by atoms with Gasteiger partial charge in [0.1, 0.15) is 0 Å². The third-order valence-corrected chi connectivity index (χ3v) is 1.14. The summed E-state index contributed by atoms with van der Waals surface area (Å²) in [5.41, 5.74) is 0.984. The Morgan fingerprint density at radius 3 is 2.33 bits per heavy atom. The van der Waals surface area contributed by atoms with E-state index in [9.17, 15) is 0 Å². The van der Waals surface area contributed by atoms with E-state index in [0.29, 0.717) is 6.61 Å². The summed E-state index contributed by atoms with van der Waals surface area (Å²) in [4.78, 5) is 10.1. The van der Waals surface area contributed by atoms with Gasteiger partial charge in [0, 0.05) is 0 Å². The largest absolute Gasteiger partial charge is 0.236 e. The van der Waals surface area contributed by atoms with Crippen molar-refractivity contribution in [2.45, 2.75) is 46.1 Å². The first kappa shape index (κ1) is 11.7. The summed E-state index contributed by atoms with van der Waals surface area (Å²) in [6.45, 7) is 12.4. The van der Waals surface area contributed by atoms with E-state index >= 15 is 0 Å². The number of allylic oxidation sites excluding steroid dienone is 1. The highest BCUT2D eigenvalue weighted by molar-refractivity contribution is 4.86. The maximum absolute atomic E-state index is 5.08. The van der Waals surface area contributed by atoms with Crippen molar-refractivity contribution in [2.75, 3.05) is 6.61 Å². The lowest BCUT2D eigenvalue weighted by Gasteiger charge is -2.17. The van der Waals surface area contributed by atoms with Gasteiger partial charge >= 0.3 is 0 Å². The van der Waals surface area contributed by atoms with Gasteiger partial charge in [-0.15, -0.1) is 6.58 Å². The molecule has 0 aromatic carbocycles. The van der Waals surface area contributed by atoms with Gasteiger partial charge < -0.3 is 0 Å². The van der Waals surface area contributed by atoms with Crippen LogP contribution in [-0.2, 0) is 9.78 Å². The molecule has 0 aliphatic carbocycles. The maximum Gasteiger partial charge on any atom is 0.0952 e. The van der Waals surface area contributed by atoms with Gasteiger partial charge in [-0.25, -0.2) is 9.78 Å².